The molecule has 45 heavy (non-hydrogen) atoms. The minimum Gasteiger partial charge on any atom is -0.456 e. The maximum atomic E-state index is 6.58. The SMILES string of the molecule is CC1(C)c2ccccc2-c2ccc(-c3ccc4c(c3)-c3cccc5c(-c6ccc7oc8ccccc8c7c6)ccc(c35)O4)cc21. The van der Waals surface area contributed by atoms with Crippen LogP contribution in [0.4, 0.5) is 0 Å². The summed E-state index contributed by atoms with van der Waals surface area (Å²) in [4.78, 5) is 0. The predicted molar refractivity (Wildman–Crippen MR) is 185 cm³/mol. The third kappa shape index (κ3) is 3.40. The molecule has 7 aromatic carbocycles. The Hall–Kier alpha value is -5.60. The first kappa shape index (κ1) is 24.8. The monoisotopic (exact) mass is 576 g/mol. The molecule has 10 rings (SSSR count). The van der Waals surface area contributed by atoms with E-state index in [0.717, 1.165) is 44.4 Å². The summed E-state index contributed by atoms with van der Waals surface area (Å²) in [7, 11) is 0. The zero-order valence-electron chi connectivity index (χ0n) is 25.0. The Balaban J connectivity index is 1.11. The Labute approximate surface area is 261 Å². The lowest BCUT2D eigenvalue weighted by atomic mass is 9.81. The molecule has 1 aromatic heterocycles. The molecule has 1 aliphatic heterocycles. The average Bonchev–Trinajstić information content (AvgIpc) is 3.56. The van der Waals surface area contributed by atoms with Crippen molar-refractivity contribution in [2.24, 2.45) is 0 Å². The highest BCUT2D eigenvalue weighted by molar-refractivity contribution is 6.12. The number of benzene rings is 7. The van der Waals surface area contributed by atoms with Crippen LogP contribution in [0.25, 0.3) is 77.2 Å². The summed E-state index contributed by atoms with van der Waals surface area (Å²) in [6.07, 6.45) is 0. The third-order valence-electron chi connectivity index (χ3n) is 10.1. The second kappa shape index (κ2) is 8.74. The first-order valence-corrected chi connectivity index (χ1v) is 15.6. The van der Waals surface area contributed by atoms with Crippen molar-refractivity contribution in [3.63, 3.8) is 0 Å². The van der Waals surface area contributed by atoms with Gasteiger partial charge in [-0.1, -0.05) is 105 Å². The fraction of sp³-hybridized carbons (Fsp3) is 0.0698. The lowest BCUT2D eigenvalue weighted by Crippen LogP contribution is -2.14. The van der Waals surface area contributed by atoms with Gasteiger partial charge in [0, 0.05) is 27.1 Å². The van der Waals surface area contributed by atoms with Gasteiger partial charge in [-0.15, -0.1) is 0 Å². The van der Waals surface area contributed by atoms with Gasteiger partial charge in [-0.25, -0.2) is 0 Å². The maximum Gasteiger partial charge on any atom is 0.135 e. The summed E-state index contributed by atoms with van der Waals surface area (Å²) in [5.41, 5.74) is 14.4. The van der Waals surface area contributed by atoms with Crippen LogP contribution in [0.2, 0.25) is 0 Å². The van der Waals surface area contributed by atoms with Crippen molar-refractivity contribution in [3.05, 3.63) is 145 Å². The number of fused-ring (bicyclic) bond motifs is 8. The Morgan fingerprint density at radius 1 is 0.422 bits per heavy atom. The Morgan fingerprint density at radius 2 is 1.11 bits per heavy atom. The zero-order chi connectivity index (χ0) is 29.9. The van der Waals surface area contributed by atoms with Crippen LogP contribution in [-0.2, 0) is 5.41 Å². The molecule has 0 bridgehead atoms. The highest BCUT2D eigenvalue weighted by atomic mass is 16.5. The van der Waals surface area contributed by atoms with E-state index in [1.165, 1.54) is 55.5 Å². The minimum atomic E-state index is -0.0358. The van der Waals surface area contributed by atoms with E-state index in [-0.39, 0.29) is 5.41 Å². The Kier molecular flexibility index (Phi) is 4.82. The summed E-state index contributed by atoms with van der Waals surface area (Å²) >= 11 is 0. The van der Waals surface area contributed by atoms with E-state index in [4.69, 9.17) is 9.15 Å². The molecule has 2 heterocycles. The van der Waals surface area contributed by atoms with E-state index >= 15 is 0 Å². The molecule has 0 saturated carbocycles. The lowest BCUT2D eigenvalue weighted by Gasteiger charge is -2.24. The molecule has 212 valence electrons. The third-order valence-corrected chi connectivity index (χ3v) is 10.1. The van der Waals surface area contributed by atoms with Crippen molar-refractivity contribution in [2.75, 3.05) is 0 Å². The van der Waals surface area contributed by atoms with Gasteiger partial charge in [0.1, 0.15) is 22.7 Å². The fourth-order valence-corrected chi connectivity index (χ4v) is 7.84. The van der Waals surface area contributed by atoms with Crippen molar-refractivity contribution < 1.29 is 9.15 Å². The van der Waals surface area contributed by atoms with Crippen LogP contribution in [0.15, 0.2) is 138 Å². The molecule has 0 radical (unpaired) electrons. The van der Waals surface area contributed by atoms with E-state index in [0.29, 0.717) is 0 Å². The summed E-state index contributed by atoms with van der Waals surface area (Å²) in [5.74, 6) is 1.79. The summed E-state index contributed by atoms with van der Waals surface area (Å²) in [6.45, 7) is 4.67. The zero-order valence-corrected chi connectivity index (χ0v) is 25.0. The molecule has 8 aromatic rings. The molecule has 2 heteroatoms. The van der Waals surface area contributed by atoms with Gasteiger partial charge in [0.25, 0.3) is 0 Å². The van der Waals surface area contributed by atoms with Crippen LogP contribution >= 0.6 is 0 Å². The minimum absolute atomic E-state index is 0.0358. The van der Waals surface area contributed by atoms with Crippen LogP contribution in [0, 0.1) is 0 Å². The number of rotatable bonds is 2. The molecule has 0 spiro atoms. The van der Waals surface area contributed by atoms with Gasteiger partial charge in [0.15, 0.2) is 0 Å². The number of ether oxygens (including phenoxy) is 1. The van der Waals surface area contributed by atoms with Crippen molar-refractivity contribution in [1.82, 2.24) is 0 Å². The largest absolute Gasteiger partial charge is 0.456 e. The van der Waals surface area contributed by atoms with Gasteiger partial charge >= 0.3 is 0 Å². The Bertz CT molecular complexity index is 2550. The van der Waals surface area contributed by atoms with Crippen LogP contribution in [0.3, 0.4) is 0 Å². The normalized spacial score (nSPS) is 13.9. The van der Waals surface area contributed by atoms with E-state index < -0.39 is 0 Å². The molecule has 2 aliphatic rings. The van der Waals surface area contributed by atoms with Gasteiger partial charge in [-0.3, -0.25) is 0 Å². The standard InChI is InChI=1S/C43H28O2/c1-43(2)36-12-5-3-8-29(36)30-17-14-26(24-37(30)43)25-15-19-40-35(22-25)33-11-7-10-32-28(18-21-41(45-40)42(32)33)27-16-20-39-34(23-27)31-9-4-6-13-38(31)44-39/h3-24H,1-2H3. The maximum absolute atomic E-state index is 6.58. The van der Waals surface area contributed by atoms with Crippen LogP contribution in [0.5, 0.6) is 11.5 Å². The smallest absolute Gasteiger partial charge is 0.135 e. The van der Waals surface area contributed by atoms with Gasteiger partial charge in [-0.05, 0) is 97.9 Å². The topological polar surface area (TPSA) is 22.4 Å². The van der Waals surface area contributed by atoms with Crippen LogP contribution < -0.4 is 4.74 Å². The van der Waals surface area contributed by atoms with Crippen molar-refractivity contribution in [2.45, 2.75) is 19.3 Å². The Morgan fingerprint density at radius 3 is 2.07 bits per heavy atom. The number of hydrogen-bond acceptors (Lipinski definition) is 2. The second-order valence-corrected chi connectivity index (χ2v) is 12.9. The molecule has 0 fully saturated rings. The van der Waals surface area contributed by atoms with Gasteiger partial charge in [-0.2, -0.15) is 0 Å². The number of para-hydroxylation sites is 1. The first-order valence-electron chi connectivity index (χ1n) is 15.6. The highest BCUT2D eigenvalue weighted by Crippen LogP contribution is 2.52. The second-order valence-electron chi connectivity index (χ2n) is 12.9. The van der Waals surface area contributed by atoms with E-state index in [2.05, 4.69) is 135 Å². The lowest BCUT2D eigenvalue weighted by molar-refractivity contribution is 0.487. The molecule has 0 amide bonds. The molecule has 0 saturated heterocycles. The van der Waals surface area contributed by atoms with Gasteiger partial charge in [0.2, 0.25) is 0 Å². The number of furan rings is 1. The predicted octanol–water partition coefficient (Wildman–Crippen LogP) is 12.2. The fourth-order valence-electron chi connectivity index (χ4n) is 7.84. The molecule has 0 atom stereocenters. The molecule has 0 unspecified atom stereocenters. The first-order chi connectivity index (χ1) is 22.0. The van der Waals surface area contributed by atoms with E-state index in [1.807, 2.05) is 12.1 Å². The molecule has 0 N–H and O–H groups in total. The van der Waals surface area contributed by atoms with Gasteiger partial charge < -0.3 is 9.15 Å². The summed E-state index contributed by atoms with van der Waals surface area (Å²) in [6, 6.07) is 48.1. The van der Waals surface area contributed by atoms with Gasteiger partial charge in [0.05, 0.1) is 0 Å². The number of hydrogen-bond donors (Lipinski definition) is 0. The molecule has 2 nitrogen and oxygen atoms in total. The van der Waals surface area contributed by atoms with Crippen LogP contribution in [-0.4, -0.2) is 0 Å². The van der Waals surface area contributed by atoms with Crippen LogP contribution in [0.1, 0.15) is 25.0 Å². The quantitative estimate of drug-likeness (QED) is 0.204. The molecule has 1 aliphatic carbocycles. The summed E-state index contributed by atoms with van der Waals surface area (Å²) in [5, 5.41) is 4.61. The van der Waals surface area contributed by atoms with Crippen molar-refractivity contribution in [1.29, 1.82) is 0 Å². The van der Waals surface area contributed by atoms with Crippen molar-refractivity contribution >= 4 is 32.7 Å². The summed E-state index contributed by atoms with van der Waals surface area (Å²) < 4.78 is 12.7. The molecular formula is C43H28O2. The van der Waals surface area contributed by atoms with Crippen molar-refractivity contribution in [3.8, 4) is 56.0 Å². The average molecular weight is 577 g/mol. The highest BCUT2D eigenvalue weighted by Gasteiger charge is 2.35. The van der Waals surface area contributed by atoms with E-state index in [1.54, 1.807) is 0 Å². The molecular weight excluding hydrogens is 548 g/mol. The van der Waals surface area contributed by atoms with E-state index in [9.17, 15) is 0 Å².